The Morgan fingerprint density at radius 2 is 2.38 bits per heavy atom. The second-order valence-corrected chi connectivity index (χ2v) is 7.41. The molecule has 0 spiro atoms. The minimum atomic E-state index is -3.49. The number of fused-ring (bicyclic) bond motifs is 2. The fourth-order valence-electron chi connectivity index (χ4n) is 2.40. The van der Waals surface area contributed by atoms with Crippen LogP contribution in [0.1, 0.15) is 6.92 Å². The van der Waals surface area contributed by atoms with E-state index in [2.05, 4.69) is 0 Å². The summed E-state index contributed by atoms with van der Waals surface area (Å²) in [7, 11) is -1.89. The Kier molecular flexibility index (Phi) is 3.43. The first-order chi connectivity index (χ1) is 7.38. The van der Waals surface area contributed by atoms with Crippen LogP contribution in [0.3, 0.4) is 0 Å². The molecular weight excluding hydrogens is 251 g/mol. The molecule has 0 aliphatic carbocycles. The molecule has 0 aromatic heterocycles. The van der Waals surface area contributed by atoms with Gasteiger partial charge in [-0.05, 0) is 6.92 Å². The van der Waals surface area contributed by atoms with Gasteiger partial charge in [-0.1, -0.05) is 0 Å². The third kappa shape index (κ3) is 2.19. The molecule has 0 saturated carbocycles. The van der Waals surface area contributed by atoms with E-state index in [4.69, 9.17) is 14.0 Å². The summed E-state index contributed by atoms with van der Waals surface area (Å²) in [6.07, 6.45) is -0.321. The monoisotopic (exact) mass is 268 g/mol. The van der Waals surface area contributed by atoms with Crippen molar-refractivity contribution in [2.75, 3.05) is 26.1 Å². The Labute approximate surface area is 99.4 Å². The maximum absolute atomic E-state index is 11.4. The maximum atomic E-state index is 11.4. The Morgan fingerprint density at radius 3 is 2.88 bits per heavy atom. The Bertz CT molecular complexity index is 319. The van der Waals surface area contributed by atoms with Gasteiger partial charge in [0.1, 0.15) is 11.7 Å². The zero-order chi connectivity index (χ0) is 12.0. The van der Waals surface area contributed by atoms with Crippen LogP contribution < -0.4 is 0 Å². The quantitative estimate of drug-likeness (QED) is 0.770. The van der Waals surface area contributed by atoms with Crippen LogP contribution in [0.25, 0.3) is 0 Å². The first-order valence-corrected chi connectivity index (χ1v) is 8.22. The third-order valence-corrected chi connectivity index (χ3v) is 5.21. The van der Waals surface area contributed by atoms with Gasteiger partial charge in [0, 0.05) is 19.5 Å². The van der Waals surface area contributed by atoms with Crippen molar-refractivity contribution in [2.24, 2.45) is 0 Å². The lowest BCUT2D eigenvalue weighted by atomic mass is 10.00. The first-order valence-electron chi connectivity index (χ1n) is 5.15. The van der Waals surface area contributed by atoms with E-state index in [1.165, 1.54) is 6.66 Å². The Morgan fingerprint density at radius 1 is 1.69 bits per heavy atom. The highest BCUT2D eigenvalue weighted by molar-refractivity contribution is 8.00. The summed E-state index contributed by atoms with van der Waals surface area (Å²) in [5.74, 6) is 0.751. The fraction of sp³-hybridized carbons (Fsp3) is 1.00. The van der Waals surface area contributed by atoms with Gasteiger partial charge >= 0.3 is 7.60 Å². The molecule has 0 radical (unpaired) electrons. The summed E-state index contributed by atoms with van der Waals surface area (Å²) in [6, 6.07) is 0. The van der Waals surface area contributed by atoms with Gasteiger partial charge in [-0.15, -0.1) is 11.8 Å². The molecular formula is C9H17O5PS. The van der Waals surface area contributed by atoms with Crippen molar-refractivity contribution in [3.05, 3.63) is 0 Å². The topological polar surface area (TPSA) is 65.0 Å². The van der Waals surface area contributed by atoms with Crippen LogP contribution in [-0.4, -0.2) is 54.1 Å². The van der Waals surface area contributed by atoms with Gasteiger partial charge in [0.2, 0.25) is 0 Å². The standard InChI is InChI=1S/C9H17O5PS/c1-6-7-8(14-15(3,10)11)9(13-6,4-12-2)5-16-7/h6-8H,4-5H2,1-3H3,(H,10,11)/t6-,7+,8?,9-/m0/s1. The van der Waals surface area contributed by atoms with Crippen molar-refractivity contribution >= 4 is 19.4 Å². The Hall–Kier alpha value is 0.420. The third-order valence-electron chi connectivity index (χ3n) is 2.92. The smallest absolute Gasteiger partial charge is 0.325 e. The summed E-state index contributed by atoms with van der Waals surface area (Å²) < 4.78 is 27.7. The summed E-state index contributed by atoms with van der Waals surface area (Å²) in [6.45, 7) is 3.56. The lowest BCUT2D eigenvalue weighted by Crippen LogP contribution is -2.45. The summed E-state index contributed by atoms with van der Waals surface area (Å²) >= 11 is 1.73. The second kappa shape index (κ2) is 4.26. The lowest BCUT2D eigenvalue weighted by molar-refractivity contribution is -0.0949. The van der Waals surface area contributed by atoms with Crippen molar-refractivity contribution in [3.63, 3.8) is 0 Å². The van der Waals surface area contributed by atoms with E-state index in [0.29, 0.717) is 6.61 Å². The molecule has 1 N–H and O–H groups in total. The van der Waals surface area contributed by atoms with Gasteiger partial charge < -0.3 is 18.9 Å². The van der Waals surface area contributed by atoms with Crippen LogP contribution >= 0.6 is 19.4 Å². The molecule has 0 amide bonds. The van der Waals surface area contributed by atoms with E-state index in [9.17, 15) is 9.46 Å². The average Bonchev–Trinajstić information content (AvgIpc) is 2.54. The number of hydrogen-bond acceptors (Lipinski definition) is 5. The number of thioether (sulfide) groups is 1. The van der Waals surface area contributed by atoms with E-state index in [0.717, 1.165) is 5.75 Å². The van der Waals surface area contributed by atoms with Crippen molar-refractivity contribution < 1.29 is 23.5 Å². The highest BCUT2D eigenvalue weighted by atomic mass is 32.2. The van der Waals surface area contributed by atoms with Gasteiger partial charge in [0.15, 0.2) is 0 Å². The van der Waals surface area contributed by atoms with Crippen molar-refractivity contribution in [1.82, 2.24) is 0 Å². The minimum Gasteiger partial charge on any atom is -0.382 e. The molecule has 5 atom stereocenters. The molecule has 2 rings (SSSR count). The molecule has 2 saturated heterocycles. The Balaban J connectivity index is 2.19. The van der Waals surface area contributed by atoms with E-state index >= 15 is 0 Å². The van der Waals surface area contributed by atoms with Crippen molar-refractivity contribution in [1.29, 1.82) is 0 Å². The molecule has 5 nitrogen and oxygen atoms in total. The van der Waals surface area contributed by atoms with Crippen LogP contribution in [0, 0.1) is 0 Å². The van der Waals surface area contributed by atoms with Gasteiger partial charge in [-0.25, -0.2) is 0 Å². The number of rotatable bonds is 4. The molecule has 2 aliphatic rings. The number of ether oxygens (including phenoxy) is 2. The summed E-state index contributed by atoms with van der Waals surface area (Å²) in [5, 5.41) is 0.121. The predicted molar refractivity (Wildman–Crippen MR) is 62.0 cm³/mol. The largest absolute Gasteiger partial charge is 0.382 e. The van der Waals surface area contributed by atoms with Crippen LogP contribution in [0.15, 0.2) is 0 Å². The van der Waals surface area contributed by atoms with Crippen LogP contribution in [0.4, 0.5) is 0 Å². The van der Waals surface area contributed by atoms with E-state index in [1.807, 2.05) is 6.92 Å². The molecule has 2 aliphatic heterocycles. The maximum Gasteiger partial charge on any atom is 0.325 e. The van der Waals surface area contributed by atoms with Gasteiger partial charge in [-0.2, -0.15) is 0 Å². The van der Waals surface area contributed by atoms with E-state index in [-0.39, 0.29) is 17.5 Å². The van der Waals surface area contributed by atoms with Gasteiger partial charge in [0.25, 0.3) is 0 Å². The van der Waals surface area contributed by atoms with Gasteiger partial charge in [0.05, 0.1) is 18.0 Å². The normalized spacial score (nSPS) is 45.9. The predicted octanol–water partition coefficient (Wildman–Crippen LogP) is 1.11. The highest BCUT2D eigenvalue weighted by Gasteiger charge is 2.61. The fourth-order valence-corrected chi connectivity index (χ4v) is 4.82. The van der Waals surface area contributed by atoms with E-state index in [1.54, 1.807) is 18.9 Å². The number of methoxy groups -OCH3 is 1. The highest BCUT2D eigenvalue weighted by Crippen LogP contribution is 2.54. The van der Waals surface area contributed by atoms with Crippen LogP contribution in [-0.2, 0) is 18.6 Å². The average molecular weight is 268 g/mol. The second-order valence-electron chi connectivity index (χ2n) is 4.43. The van der Waals surface area contributed by atoms with Crippen LogP contribution in [0.5, 0.6) is 0 Å². The molecule has 2 fully saturated rings. The van der Waals surface area contributed by atoms with E-state index < -0.39 is 13.2 Å². The molecule has 2 bridgehead atoms. The molecule has 0 aromatic rings. The zero-order valence-corrected chi connectivity index (χ0v) is 11.3. The minimum absolute atomic E-state index is 0.0328. The number of hydrogen-bond donors (Lipinski definition) is 1. The zero-order valence-electron chi connectivity index (χ0n) is 9.58. The first kappa shape index (κ1) is 12.9. The molecule has 0 aromatic carbocycles. The van der Waals surface area contributed by atoms with Gasteiger partial charge in [-0.3, -0.25) is 4.57 Å². The molecule has 2 unspecified atom stereocenters. The van der Waals surface area contributed by atoms with Crippen molar-refractivity contribution in [2.45, 2.75) is 30.0 Å². The van der Waals surface area contributed by atoms with Crippen molar-refractivity contribution in [3.8, 4) is 0 Å². The molecule has 7 heteroatoms. The lowest BCUT2D eigenvalue weighted by Gasteiger charge is -2.30. The molecule has 94 valence electrons. The molecule has 16 heavy (non-hydrogen) atoms. The molecule has 2 heterocycles. The summed E-state index contributed by atoms with van der Waals surface area (Å²) in [4.78, 5) is 9.34. The summed E-state index contributed by atoms with van der Waals surface area (Å²) in [5.41, 5.74) is -0.558. The SMILES string of the molecule is COC[C@]12CS[C@@H](C1OP(C)(=O)O)[C@H](C)O2. The van der Waals surface area contributed by atoms with Crippen LogP contribution in [0.2, 0.25) is 0 Å².